The van der Waals surface area contributed by atoms with Gasteiger partial charge in [-0.1, -0.05) is 0 Å². The second-order valence-electron chi connectivity index (χ2n) is 3.97. The van der Waals surface area contributed by atoms with E-state index in [0.717, 1.165) is 4.90 Å². The first-order valence-electron chi connectivity index (χ1n) is 5.33. The van der Waals surface area contributed by atoms with Crippen molar-refractivity contribution in [1.29, 1.82) is 0 Å². The van der Waals surface area contributed by atoms with E-state index in [1.807, 2.05) is 0 Å². The highest BCUT2D eigenvalue weighted by Crippen LogP contribution is 2.15. The average molecular weight is 266 g/mol. The van der Waals surface area contributed by atoms with E-state index < -0.39 is 17.0 Å². The van der Waals surface area contributed by atoms with E-state index >= 15 is 0 Å². The van der Waals surface area contributed by atoms with Gasteiger partial charge in [-0.25, -0.2) is 14.5 Å². The maximum Gasteiger partial charge on any atom is 0.329 e. The molecule has 8 heteroatoms. The van der Waals surface area contributed by atoms with Crippen LogP contribution in [0.2, 0.25) is 0 Å². The minimum absolute atomic E-state index is 0.0734. The van der Waals surface area contributed by atoms with Crippen molar-refractivity contribution in [3.8, 4) is 0 Å². The maximum absolute atomic E-state index is 11.7. The monoisotopic (exact) mass is 266 g/mol. The summed E-state index contributed by atoms with van der Waals surface area (Å²) in [5, 5.41) is 12.9. The molecule has 0 radical (unpaired) electrons. The molecule has 102 valence electrons. The van der Waals surface area contributed by atoms with Crippen LogP contribution in [0.1, 0.15) is 0 Å². The lowest BCUT2D eigenvalue weighted by Gasteiger charge is -2.20. The van der Waals surface area contributed by atoms with E-state index in [1.54, 1.807) is 0 Å². The van der Waals surface area contributed by atoms with Gasteiger partial charge in [0.2, 0.25) is 0 Å². The van der Waals surface area contributed by atoms with Gasteiger partial charge in [0.05, 0.1) is 4.92 Å². The van der Waals surface area contributed by atoms with Crippen LogP contribution in [-0.2, 0) is 0 Å². The van der Waals surface area contributed by atoms with Gasteiger partial charge in [-0.05, 0) is 12.1 Å². The number of nitrogens with one attached hydrogen (secondary N) is 1. The molecule has 0 atom stereocenters. The van der Waals surface area contributed by atoms with E-state index in [4.69, 9.17) is 0 Å². The Kier molecular flexibility index (Phi) is 4.41. The van der Waals surface area contributed by atoms with Crippen molar-refractivity contribution in [2.75, 3.05) is 26.5 Å². The van der Waals surface area contributed by atoms with E-state index in [-0.39, 0.29) is 5.69 Å². The Morgan fingerprint density at radius 3 is 2.11 bits per heavy atom. The number of hydrogen-bond acceptors (Lipinski definition) is 4. The minimum atomic E-state index is -0.618. The fourth-order valence-electron chi connectivity index (χ4n) is 1.26. The lowest BCUT2D eigenvalue weighted by atomic mass is 10.3. The van der Waals surface area contributed by atoms with E-state index in [9.17, 15) is 19.7 Å². The van der Waals surface area contributed by atoms with Crippen LogP contribution in [0.5, 0.6) is 0 Å². The van der Waals surface area contributed by atoms with Crippen molar-refractivity contribution >= 4 is 23.4 Å². The second-order valence-corrected chi connectivity index (χ2v) is 3.97. The number of anilines is 1. The summed E-state index contributed by atoms with van der Waals surface area (Å²) in [4.78, 5) is 35.3. The third-order valence-corrected chi connectivity index (χ3v) is 2.30. The van der Waals surface area contributed by atoms with Crippen LogP contribution in [0, 0.1) is 10.1 Å². The molecule has 0 spiro atoms. The highest BCUT2D eigenvalue weighted by atomic mass is 16.6. The Bertz CT molecular complexity index is 498. The Labute approximate surface area is 109 Å². The minimum Gasteiger partial charge on any atom is -0.330 e. The number of non-ortho nitro benzene ring substituents is 1. The fraction of sp³-hybridized carbons (Fsp3) is 0.273. The number of imide groups is 1. The molecule has 4 amide bonds. The Morgan fingerprint density at radius 1 is 1.16 bits per heavy atom. The van der Waals surface area contributed by atoms with Gasteiger partial charge < -0.3 is 10.2 Å². The summed E-state index contributed by atoms with van der Waals surface area (Å²) >= 11 is 0. The molecule has 1 aromatic carbocycles. The molecule has 19 heavy (non-hydrogen) atoms. The Morgan fingerprint density at radius 2 is 1.68 bits per heavy atom. The fourth-order valence-corrected chi connectivity index (χ4v) is 1.26. The first-order chi connectivity index (χ1) is 8.82. The van der Waals surface area contributed by atoms with E-state index in [2.05, 4.69) is 5.32 Å². The predicted octanol–water partition coefficient (Wildman–Crippen LogP) is 1.74. The molecule has 0 aliphatic rings. The number of nitrogens with zero attached hydrogens (tertiary/aromatic N) is 3. The zero-order valence-electron chi connectivity index (χ0n) is 10.8. The summed E-state index contributed by atoms with van der Waals surface area (Å²) in [6.45, 7) is 0. The number of hydrogen-bond donors (Lipinski definition) is 1. The molecular formula is C11H14N4O4. The van der Waals surface area contributed by atoms with Gasteiger partial charge in [-0.15, -0.1) is 0 Å². The number of nitro benzene ring substituents is 1. The third-order valence-electron chi connectivity index (χ3n) is 2.30. The van der Waals surface area contributed by atoms with E-state index in [1.165, 1.54) is 50.3 Å². The van der Waals surface area contributed by atoms with E-state index in [0.29, 0.717) is 5.69 Å². The van der Waals surface area contributed by atoms with Crippen LogP contribution in [0.4, 0.5) is 21.0 Å². The van der Waals surface area contributed by atoms with Crippen LogP contribution in [0.15, 0.2) is 24.3 Å². The smallest absolute Gasteiger partial charge is 0.329 e. The molecule has 1 aromatic rings. The molecular weight excluding hydrogens is 252 g/mol. The van der Waals surface area contributed by atoms with Gasteiger partial charge in [0.1, 0.15) is 0 Å². The lowest BCUT2D eigenvalue weighted by molar-refractivity contribution is -0.384. The normalized spacial score (nSPS) is 9.63. The summed E-state index contributed by atoms with van der Waals surface area (Å²) in [5.74, 6) is 0. The van der Waals surface area contributed by atoms with Gasteiger partial charge in [0, 0.05) is 39.0 Å². The number of benzene rings is 1. The molecule has 1 rings (SSSR count). The third kappa shape index (κ3) is 3.66. The summed E-state index contributed by atoms with van der Waals surface area (Å²) in [6, 6.07) is 4.23. The molecule has 0 unspecified atom stereocenters. The number of amides is 4. The molecule has 0 saturated carbocycles. The van der Waals surface area contributed by atoms with Gasteiger partial charge in [-0.3, -0.25) is 10.1 Å². The van der Waals surface area contributed by atoms with Gasteiger partial charge >= 0.3 is 12.1 Å². The molecule has 0 aromatic heterocycles. The molecule has 0 heterocycles. The molecule has 8 nitrogen and oxygen atoms in total. The number of carbonyl (C=O) groups is 2. The van der Waals surface area contributed by atoms with Crippen LogP contribution in [0.3, 0.4) is 0 Å². The van der Waals surface area contributed by atoms with Crippen LogP contribution in [0.25, 0.3) is 0 Å². The van der Waals surface area contributed by atoms with Crippen molar-refractivity contribution in [3.05, 3.63) is 34.4 Å². The van der Waals surface area contributed by atoms with Crippen molar-refractivity contribution < 1.29 is 14.5 Å². The zero-order valence-corrected chi connectivity index (χ0v) is 10.8. The van der Waals surface area contributed by atoms with Crippen molar-refractivity contribution in [2.45, 2.75) is 0 Å². The summed E-state index contributed by atoms with van der Waals surface area (Å²) in [6.07, 6.45) is 0. The summed E-state index contributed by atoms with van der Waals surface area (Å²) < 4.78 is 0. The Balaban J connectivity index is 2.72. The Hall–Kier alpha value is -2.64. The molecule has 0 saturated heterocycles. The first kappa shape index (κ1) is 14.4. The molecule has 1 N–H and O–H groups in total. The van der Waals surface area contributed by atoms with Crippen molar-refractivity contribution in [2.24, 2.45) is 0 Å². The highest BCUT2D eigenvalue weighted by Gasteiger charge is 2.18. The van der Waals surface area contributed by atoms with Crippen molar-refractivity contribution in [3.63, 3.8) is 0 Å². The lowest BCUT2D eigenvalue weighted by Crippen LogP contribution is -2.42. The zero-order chi connectivity index (χ0) is 14.6. The predicted molar refractivity (Wildman–Crippen MR) is 69.0 cm³/mol. The second kappa shape index (κ2) is 5.80. The van der Waals surface area contributed by atoms with Crippen molar-refractivity contribution in [1.82, 2.24) is 9.80 Å². The van der Waals surface area contributed by atoms with Crippen LogP contribution >= 0.6 is 0 Å². The largest absolute Gasteiger partial charge is 0.330 e. The van der Waals surface area contributed by atoms with Gasteiger partial charge in [-0.2, -0.15) is 0 Å². The van der Waals surface area contributed by atoms with Gasteiger partial charge in [0.25, 0.3) is 5.69 Å². The number of carbonyl (C=O) groups excluding carboxylic acids is 2. The van der Waals surface area contributed by atoms with Crippen LogP contribution in [-0.4, -0.2) is 47.9 Å². The number of rotatable bonds is 2. The quantitative estimate of drug-likeness (QED) is 0.651. The summed E-state index contributed by atoms with van der Waals surface area (Å²) in [7, 11) is 4.39. The average Bonchev–Trinajstić information content (AvgIpc) is 2.37. The number of nitro groups is 1. The number of urea groups is 2. The molecule has 0 fully saturated rings. The topological polar surface area (TPSA) is 95.8 Å². The maximum atomic E-state index is 11.7. The molecule has 0 aliphatic carbocycles. The first-order valence-corrected chi connectivity index (χ1v) is 5.33. The molecule has 0 aliphatic heterocycles. The van der Waals surface area contributed by atoms with Crippen LogP contribution < -0.4 is 5.32 Å². The molecule has 0 bridgehead atoms. The highest BCUT2D eigenvalue weighted by molar-refractivity contribution is 6.00. The summed E-state index contributed by atoms with van der Waals surface area (Å²) in [5.41, 5.74) is 0.296. The van der Waals surface area contributed by atoms with Gasteiger partial charge in [0.15, 0.2) is 0 Å². The SMILES string of the molecule is CN(C)C(=O)N(C)C(=O)Nc1ccc([N+](=O)[O-])cc1. The standard InChI is InChI=1S/C11H14N4O4/c1-13(2)11(17)14(3)10(16)12-8-4-6-9(7-5-8)15(18)19/h4-7H,1-3H3,(H,12,16).